The normalized spacial score (nSPS) is 11.9. The predicted molar refractivity (Wildman–Crippen MR) is 71.6 cm³/mol. The summed E-state index contributed by atoms with van der Waals surface area (Å²) in [4.78, 5) is 4.19. The molecule has 0 aliphatic carbocycles. The molecule has 0 saturated carbocycles. The highest BCUT2D eigenvalue weighted by Crippen LogP contribution is 2.21. The molecule has 0 bridgehead atoms. The number of hydrogen-bond acceptors (Lipinski definition) is 3. The average molecular weight is 290 g/mol. The Morgan fingerprint density at radius 2 is 2.05 bits per heavy atom. The molecule has 1 rings (SSSR count). The largest absolute Gasteiger partial charge is 0.492 e. The highest BCUT2D eigenvalue weighted by Gasteiger charge is 2.26. The van der Waals surface area contributed by atoms with Crippen molar-refractivity contribution >= 4 is 0 Å². The van der Waals surface area contributed by atoms with E-state index < -0.39 is 12.6 Å². The first-order valence-corrected chi connectivity index (χ1v) is 6.72. The number of ether oxygens (including phenoxy) is 1. The topological polar surface area (TPSA) is 34.1 Å². The van der Waals surface area contributed by atoms with Crippen LogP contribution >= 0.6 is 0 Å². The highest BCUT2D eigenvalue weighted by atomic mass is 19.4. The Kier molecular flexibility index (Phi) is 6.78. The summed E-state index contributed by atoms with van der Waals surface area (Å²) in [6.07, 6.45) is -3.44. The van der Waals surface area contributed by atoms with Crippen LogP contribution < -0.4 is 10.1 Å². The van der Waals surface area contributed by atoms with E-state index in [2.05, 4.69) is 24.1 Å². The predicted octanol–water partition coefficient (Wildman–Crippen LogP) is 3.55. The van der Waals surface area contributed by atoms with Crippen molar-refractivity contribution in [2.24, 2.45) is 5.92 Å². The molecule has 0 aliphatic heterocycles. The van der Waals surface area contributed by atoms with Crippen molar-refractivity contribution < 1.29 is 17.9 Å². The van der Waals surface area contributed by atoms with Gasteiger partial charge in [-0.05, 0) is 31.0 Å². The molecule has 1 aromatic rings. The van der Waals surface area contributed by atoms with Crippen LogP contribution in [-0.2, 0) is 6.54 Å². The van der Waals surface area contributed by atoms with Crippen molar-refractivity contribution in [1.82, 2.24) is 10.3 Å². The minimum atomic E-state index is -4.12. The minimum absolute atomic E-state index is 0.0405. The zero-order chi connectivity index (χ0) is 15.0. The molecule has 0 saturated heterocycles. The second-order valence-electron chi connectivity index (χ2n) is 5.08. The van der Waals surface area contributed by atoms with E-state index in [-0.39, 0.29) is 13.0 Å². The third kappa shape index (κ3) is 7.99. The molecule has 0 aliphatic rings. The summed E-state index contributed by atoms with van der Waals surface area (Å²) in [5.41, 5.74) is 0.883. The van der Waals surface area contributed by atoms with Crippen LogP contribution in [-0.4, -0.2) is 24.3 Å². The monoisotopic (exact) mass is 290 g/mol. The van der Waals surface area contributed by atoms with E-state index in [1.807, 2.05) is 6.07 Å². The van der Waals surface area contributed by atoms with Crippen molar-refractivity contribution in [3.8, 4) is 5.75 Å². The second-order valence-corrected chi connectivity index (χ2v) is 5.08. The number of rotatable bonds is 8. The third-order valence-electron chi connectivity index (χ3n) is 2.53. The molecule has 114 valence electrons. The number of nitrogens with zero attached hydrogens (tertiary/aromatic N) is 1. The Morgan fingerprint density at radius 1 is 1.30 bits per heavy atom. The molecule has 0 aromatic carbocycles. The maximum atomic E-state index is 11.9. The number of aromatic nitrogens is 1. The van der Waals surface area contributed by atoms with E-state index in [0.29, 0.717) is 18.2 Å². The molecular weight excluding hydrogens is 269 g/mol. The molecule has 0 spiro atoms. The van der Waals surface area contributed by atoms with Crippen LogP contribution in [0.2, 0.25) is 0 Å². The van der Waals surface area contributed by atoms with Gasteiger partial charge in [0.2, 0.25) is 0 Å². The molecule has 1 heterocycles. The summed E-state index contributed by atoms with van der Waals surface area (Å²) in [7, 11) is 0. The van der Waals surface area contributed by atoms with Crippen LogP contribution in [0.3, 0.4) is 0 Å². The van der Waals surface area contributed by atoms with Crippen LogP contribution in [0, 0.1) is 5.92 Å². The molecule has 0 fully saturated rings. The van der Waals surface area contributed by atoms with Crippen molar-refractivity contribution in [3.05, 3.63) is 24.0 Å². The van der Waals surface area contributed by atoms with Gasteiger partial charge in [-0.25, -0.2) is 0 Å². The Morgan fingerprint density at radius 3 is 2.60 bits per heavy atom. The van der Waals surface area contributed by atoms with E-state index >= 15 is 0 Å². The van der Waals surface area contributed by atoms with Crippen molar-refractivity contribution in [2.45, 2.75) is 39.4 Å². The SMILES string of the molecule is CC(C)CNCc1ccc(OCCCC(F)(F)F)cn1. The van der Waals surface area contributed by atoms with Gasteiger partial charge in [0.1, 0.15) is 5.75 Å². The van der Waals surface area contributed by atoms with Crippen molar-refractivity contribution in [2.75, 3.05) is 13.2 Å². The summed E-state index contributed by atoms with van der Waals surface area (Å²) in [6.45, 7) is 5.88. The van der Waals surface area contributed by atoms with E-state index in [9.17, 15) is 13.2 Å². The third-order valence-corrected chi connectivity index (χ3v) is 2.53. The maximum Gasteiger partial charge on any atom is 0.389 e. The average Bonchev–Trinajstić information content (AvgIpc) is 2.35. The Labute approximate surface area is 117 Å². The fourth-order valence-electron chi connectivity index (χ4n) is 1.55. The summed E-state index contributed by atoms with van der Waals surface area (Å²) in [5.74, 6) is 1.08. The summed E-state index contributed by atoms with van der Waals surface area (Å²) in [5, 5.41) is 3.26. The molecule has 3 nitrogen and oxygen atoms in total. The Hall–Kier alpha value is -1.30. The zero-order valence-corrected chi connectivity index (χ0v) is 11.8. The zero-order valence-electron chi connectivity index (χ0n) is 11.8. The first-order valence-electron chi connectivity index (χ1n) is 6.72. The standard InChI is InChI=1S/C14H21F3N2O/c1-11(2)8-18-9-12-4-5-13(10-19-12)20-7-3-6-14(15,16)17/h4-5,10-11,18H,3,6-9H2,1-2H3. The van der Waals surface area contributed by atoms with Crippen LogP contribution in [0.5, 0.6) is 5.75 Å². The molecule has 6 heteroatoms. The first-order chi connectivity index (χ1) is 9.37. The highest BCUT2D eigenvalue weighted by molar-refractivity contribution is 5.19. The fraction of sp³-hybridized carbons (Fsp3) is 0.643. The fourth-order valence-corrected chi connectivity index (χ4v) is 1.55. The maximum absolute atomic E-state index is 11.9. The van der Waals surface area contributed by atoms with Gasteiger partial charge in [0.25, 0.3) is 0 Å². The lowest BCUT2D eigenvalue weighted by atomic mass is 10.2. The Balaban J connectivity index is 2.25. The van der Waals surface area contributed by atoms with Crippen LogP contribution in [0.4, 0.5) is 13.2 Å². The molecule has 1 N–H and O–H groups in total. The van der Waals surface area contributed by atoms with E-state index in [0.717, 1.165) is 12.2 Å². The van der Waals surface area contributed by atoms with Gasteiger partial charge < -0.3 is 10.1 Å². The molecule has 0 radical (unpaired) electrons. The van der Waals surface area contributed by atoms with E-state index in [1.165, 1.54) is 0 Å². The molecule has 20 heavy (non-hydrogen) atoms. The minimum Gasteiger partial charge on any atom is -0.492 e. The molecule has 1 aromatic heterocycles. The Bertz CT molecular complexity index is 377. The van der Waals surface area contributed by atoms with Crippen molar-refractivity contribution in [1.29, 1.82) is 0 Å². The van der Waals surface area contributed by atoms with Crippen LogP contribution in [0.1, 0.15) is 32.4 Å². The molecular formula is C14H21F3N2O. The quantitative estimate of drug-likeness (QED) is 0.743. The molecule has 0 amide bonds. The number of hydrogen-bond donors (Lipinski definition) is 1. The van der Waals surface area contributed by atoms with Gasteiger partial charge in [-0.1, -0.05) is 13.8 Å². The number of halogens is 3. The van der Waals surface area contributed by atoms with Gasteiger partial charge in [0.05, 0.1) is 18.5 Å². The number of alkyl halides is 3. The van der Waals surface area contributed by atoms with Gasteiger partial charge in [-0.15, -0.1) is 0 Å². The lowest BCUT2D eigenvalue weighted by Gasteiger charge is -2.09. The van der Waals surface area contributed by atoms with Crippen molar-refractivity contribution in [3.63, 3.8) is 0 Å². The molecule has 0 atom stereocenters. The number of pyridine rings is 1. The van der Waals surface area contributed by atoms with E-state index in [1.54, 1.807) is 12.3 Å². The molecule has 0 unspecified atom stereocenters. The first kappa shape index (κ1) is 16.8. The summed E-state index contributed by atoms with van der Waals surface area (Å²) >= 11 is 0. The lowest BCUT2D eigenvalue weighted by Crippen LogP contribution is -2.19. The number of nitrogens with one attached hydrogen (secondary N) is 1. The smallest absolute Gasteiger partial charge is 0.389 e. The van der Waals surface area contributed by atoms with Gasteiger partial charge >= 0.3 is 6.18 Å². The summed E-state index contributed by atoms with van der Waals surface area (Å²) in [6, 6.07) is 3.54. The van der Waals surface area contributed by atoms with Gasteiger partial charge in [0.15, 0.2) is 0 Å². The van der Waals surface area contributed by atoms with E-state index in [4.69, 9.17) is 4.74 Å². The lowest BCUT2D eigenvalue weighted by molar-refractivity contribution is -0.136. The summed E-state index contributed by atoms with van der Waals surface area (Å²) < 4.78 is 41.0. The van der Waals surface area contributed by atoms with Gasteiger partial charge in [0, 0.05) is 13.0 Å². The van der Waals surface area contributed by atoms with Crippen LogP contribution in [0.15, 0.2) is 18.3 Å². The van der Waals surface area contributed by atoms with Crippen LogP contribution in [0.25, 0.3) is 0 Å². The van der Waals surface area contributed by atoms with Gasteiger partial charge in [-0.2, -0.15) is 13.2 Å². The second kappa shape index (κ2) is 8.09. The van der Waals surface area contributed by atoms with Gasteiger partial charge in [-0.3, -0.25) is 4.98 Å².